The summed E-state index contributed by atoms with van der Waals surface area (Å²) in [6.45, 7) is 3.73. The summed E-state index contributed by atoms with van der Waals surface area (Å²) in [5.74, 6) is -1.79. The summed E-state index contributed by atoms with van der Waals surface area (Å²) in [5.41, 5.74) is 1.57. The Bertz CT molecular complexity index is 914. The SMILES string of the molecule is CCCCCc1cnc(-c2cc(F)c(-c3ccc(C)c(F)c3)c(F)c2)nc1. The van der Waals surface area contributed by atoms with Gasteiger partial charge >= 0.3 is 0 Å². The van der Waals surface area contributed by atoms with Crippen molar-refractivity contribution in [2.45, 2.75) is 39.5 Å². The van der Waals surface area contributed by atoms with Gasteiger partial charge in [0.15, 0.2) is 5.82 Å². The van der Waals surface area contributed by atoms with Gasteiger partial charge in [0.25, 0.3) is 0 Å². The van der Waals surface area contributed by atoms with Crippen LogP contribution in [0.4, 0.5) is 13.2 Å². The Morgan fingerprint density at radius 1 is 0.815 bits per heavy atom. The molecule has 140 valence electrons. The van der Waals surface area contributed by atoms with E-state index >= 15 is 0 Å². The minimum Gasteiger partial charge on any atom is -0.236 e. The van der Waals surface area contributed by atoms with Crippen LogP contribution in [0.25, 0.3) is 22.5 Å². The molecule has 0 saturated carbocycles. The predicted molar refractivity (Wildman–Crippen MR) is 101 cm³/mol. The van der Waals surface area contributed by atoms with Crippen LogP contribution in [0.3, 0.4) is 0 Å². The van der Waals surface area contributed by atoms with E-state index < -0.39 is 17.5 Å². The van der Waals surface area contributed by atoms with Crippen molar-refractivity contribution in [2.75, 3.05) is 0 Å². The molecule has 0 amide bonds. The molecular weight excluding hydrogens is 349 g/mol. The van der Waals surface area contributed by atoms with Gasteiger partial charge in [-0.1, -0.05) is 31.9 Å². The van der Waals surface area contributed by atoms with Crippen molar-refractivity contribution in [3.8, 4) is 22.5 Å². The minimum atomic E-state index is -0.774. The molecule has 3 aromatic rings. The molecule has 1 heterocycles. The zero-order valence-corrected chi connectivity index (χ0v) is 15.4. The fourth-order valence-corrected chi connectivity index (χ4v) is 2.94. The molecule has 0 bridgehead atoms. The van der Waals surface area contributed by atoms with Crippen molar-refractivity contribution in [2.24, 2.45) is 0 Å². The largest absolute Gasteiger partial charge is 0.236 e. The van der Waals surface area contributed by atoms with E-state index in [1.807, 2.05) is 0 Å². The second-order valence-corrected chi connectivity index (χ2v) is 6.65. The summed E-state index contributed by atoms with van der Waals surface area (Å²) in [5, 5.41) is 0. The number of benzene rings is 2. The third-order valence-corrected chi connectivity index (χ3v) is 4.54. The lowest BCUT2D eigenvalue weighted by Gasteiger charge is -2.09. The number of hydrogen-bond acceptors (Lipinski definition) is 2. The molecule has 1 aromatic heterocycles. The molecule has 0 radical (unpaired) electrons. The highest BCUT2D eigenvalue weighted by molar-refractivity contribution is 5.69. The highest BCUT2D eigenvalue weighted by Crippen LogP contribution is 2.31. The summed E-state index contributed by atoms with van der Waals surface area (Å²) in [4.78, 5) is 8.47. The average molecular weight is 370 g/mol. The van der Waals surface area contributed by atoms with E-state index in [0.29, 0.717) is 5.56 Å². The van der Waals surface area contributed by atoms with Crippen molar-refractivity contribution >= 4 is 0 Å². The zero-order chi connectivity index (χ0) is 19.4. The summed E-state index contributed by atoms with van der Waals surface area (Å²) >= 11 is 0. The Kier molecular flexibility index (Phi) is 5.89. The van der Waals surface area contributed by atoms with Gasteiger partial charge in [-0.05, 0) is 54.7 Å². The van der Waals surface area contributed by atoms with Crippen molar-refractivity contribution < 1.29 is 13.2 Å². The van der Waals surface area contributed by atoms with Gasteiger partial charge < -0.3 is 0 Å². The van der Waals surface area contributed by atoms with E-state index in [2.05, 4.69) is 16.9 Å². The number of nitrogens with zero attached hydrogens (tertiary/aromatic N) is 2. The number of unbranched alkanes of at least 4 members (excludes halogenated alkanes) is 2. The van der Waals surface area contributed by atoms with Crippen LogP contribution in [0.5, 0.6) is 0 Å². The third-order valence-electron chi connectivity index (χ3n) is 4.54. The molecule has 0 fully saturated rings. The number of rotatable bonds is 6. The molecule has 0 atom stereocenters. The highest BCUT2D eigenvalue weighted by atomic mass is 19.1. The molecular formula is C22H21F3N2. The number of hydrogen-bond donors (Lipinski definition) is 0. The Morgan fingerprint density at radius 3 is 2.04 bits per heavy atom. The Balaban J connectivity index is 1.89. The number of halogens is 3. The summed E-state index contributed by atoms with van der Waals surface area (Å²) in [6, 6.07) is 6.50. The second kappa shape index (κ2) is 8.33. The summed E-state index contributed by atoms with van der Waals surface area (Å²) in [6.07, 6.45) is 7.60. The summed E-state index contributed by atoms with van der Waals surface area (Å²) < 4.78 is 42.9. The minimum absolute atomic E-state index is 0.159. The first-order chi connectivity index (χ1) is 13.0. The molecule has 27 heavy (non-hydrogen) atoms. The average Bonchev–Trinajstić information content (AvgIpc) is 2.65. The molecule has 0 N–H and O–H groups in total. The maximum absolute atomic E-state index is 14.6. The molecule has 3 rings (SSSR count). The van der Waals surface area contributed by atoms with E-state index in [1.165, 1.54) is 24.3 Å². The topological polar surface area (TPSA) is 25.8 Å². The van der Waals surface area contributed by atoms with Crippen molar-refractivity contribution in [1.29, 1.82) is 0 Å². The maximum atomic E-state index is 14.6. The molecule has 0 aliphatic carbocycles. The molecule has 0 aliphatic rings. The smallest absolute Gasteiger partial charge is 0.159 e. The normalized spacial score (nSPS) is 11.0. The first-order valence-corrected chi connectivity index (χ1v) is 9.06. The quantitative estimate of drug-likeness (QED) is 0.478. The monoisotopic (exact) mass is 370 g/mol. The lowest BCUT2D eigenvalue weighted by molar-refractivity contribution is 0.589. The molecule has 0 aliphatic heterocycles. The Hall–Kier alpha value is -2.69. The Morgan fingerprint density at radius 2 is 1.44 bits per heavy atom. The van der Waals surface area contributed by atoms with Crippen molar-refractivity contribution in [3.05, 3.63) is 71.3 Å². The molecule has 0 unspecified atom stereocenters. The van der Waals surface area contributed by atoms with Crippen LogP contribution in [-0.2, 0) is 6.42 Å². The van der Waals surface area contributed by atoms with Crippen molar-refractivity contribution in [1.82, 2.24) is 9.97 Å². The van der Waals surface area contributed by atoms with E-state index in [4.69, 9.17) is 0 Å². The molecule has 0 spiro atoms. The molecule has 2 nitrogen and oxygen atoms in total. The van der Waals surface area contributed by atoms with E-state index in [-0.39, 0.29) is 22.5 Å². The molecule has 5 heteroatoms. The van der Waals surface area contributed by atoms with Crippen LogP contribution < -0.4 is 0 Å². The number of aromatic nitrogens is 2. The van der Waals surface area contributed by atoms with Crippen LogP contribution in [0.15, 0.2) is 42.7 Å². The maximum Gasteiger partial charge on any atom is 0.159 e. The lowest BCUT2D eigenvalue weighted by Crippen LogP contribution is -1.97. The van der Waals surface area contributed by atoms with E-state index in [0.717, 1.165) is 37.3 Å². The van der Waals surface area contributed by atoms with Gasteiger partial charge in [-0.15, -0.1) is 0 Å². The zero-order valence-electron chi connectivity index (χ0n) is 15.4. The Labute approximate surface area is 157 Å². The van der Waals surface area contributed by atoms with Crippen LogP contribution in [-0.4, -0.2) is 9.97 Å². The predicted octanol–water partition coefficient (Wildman–Crippen LogP) is 6.27. The van der Waals surface area contributed by atoms with Gasteiger partial charge in [-0.3, -0.25) is 0 Å². The first-order valence-electron chi connectivity index (χ1n) is 9.06. The highest BCUT2D eigenvalue weighted by Gasteiger charge is 2.16. The van der Waals surface area contributed by atoms with Crippen LogP contribution in [0.1, 0.15) is 37.3 Å². The van der Waals surface area contributed by atoms with Gasteiger partial charge in [0, 0.05) is 18.0 Å². The summed E-state index contributed by atoms with van der Waals surface area (Å²) in [7, 11) is 0. The molecule has 0 saturated heterocycles. The second-order valence-electron chi connectivity index (χ2n) is 6.65. The lowest BCUT2D eigenvalue weighted by atomic mass is 10.0. The van der Waals surface area contributed by atoms with Crippen molar-refractivity contribution in [3.63, 3.8) is 0 Å². The van der Waals surface area contributed by atoms with Crippen LogP contribution in [0, 0.1) is 24.4 Å². The van der Waals surface area contributed by atoms with Crippen LogP contribution >= 0.6 is 0 Å². The van der Waals surface area contributed by atoms with Gasteiger partial charge in [0.2, 0.25) is 0 Å². The van der Waals surface area contributed by atoms with E-state index in [1.54, 1.807) is 19.3 Å². The van der Waals surface area contributed by atoms with Gasteiger partial charge in [0.1, 0.15) is 17.5 Å². The fraction of sp³-hybridized carbons (Fsp3) is 0.273. The van der Waals surface area contributed by atoms with Gasteiger partial charge in [-0.25, -0.2) is 23.1 Å². The fourth-order valence-electron chi connectivity index (χ4n) is 2.94. The molecule has 2 aromatic carbocycles. The van der Waals surface area contributed by atoms with Gasteiger partial charge in [-0.2, -0.15) is 0 Å². The standard InChI is InChI=1S/C22H21F3N2/c1-3-4-5-6-15-12-26-22(27-13-15)17-10-19(24)21(20(25)11-17)16-8-7-14(2)18(23)9-16/h7-13H,3-6H2,1-2H3. The van der Waals surface area contributed by atoms with Gasteiger partial charge in [0.05, 0.1) is 5.56 Å². The number of aryl methyl sites for hydroxylation is 2. The van der Waals surface area contributed by atoms with E-state index in [9.17, 15) is 13.2 Å². The third kappa shape index (κ3) is 4.35. The first kappa shape index (κ1) is 19.1. The van der Waals surface area contributed by atoms with Crippen LogP contribution in [0.2, 0.25) is 0 Å².